The zero-order valence-electron chi connectivity index (χ0n) is 24.6. The monoisotopic (exact) mass is 566 g/mol. The lowest BCUT2D eigenvalue weighted by molar-refractivity contribution is -0.161. The first kappa shape index (κ1) is 33.2. The first-order valence-electron chi connectivity index (χ1n) is 13.0. The van der Waals surface area contributed by atoms with Crippen LogP contribution in [0.2, 0.25) is 0 Å². The molecular formula is C27H41BFN2O7P. The van der Waals surface area contributed by atoms with E-state index in [-0.39, 0.29) is 30.6 Å². The fraction of sp³-hybridized carbons (Fsp3) is 0.630. The maximum absolute atomic E-state index is 15.5. The average molecular weight is 566 g/mol. The molecule has 2 N–H and O–H groups in total. The van der Waals surface area contributed by atoms with Crippen LogP contribution in [0.15, 0.2) is 21.9 Å². The van der Waals surface area contributed by atoms with Crippen LogP contribution in [0.1, 0.15) is 84.1 Å². The van der Waals surface area contributed by atoms with Crippen molar-refractivity contribution >= 4 is 16.4 Å². The molecule has 39 heavy (non-hydrogen) atoms. The van der Waals surface area contributed by atoms with Crippen molar-refractivity contribution in [3.8, 4) is 5.75 Å². The van der Waals surface area contributed by atoms with Crippen LogP contribution in [0.3, 0.4) is 0 Å². The molecule has 3 atom stereocenters. The maximum Gasteiger partial charge on any atom is 0.399 e. The van der Waals surface area contributed by atoms with Gasteiger partial charge in [0.1, 0.15) is 17.7 Å². The van der Waals surface area contributed by atoms with Gasteiger partial charge in [-0.15, -0.1) is 0 Å². The third kappa shape index (κ3) is 7.79. The molecule has 0 bridgehead atoms. The lowest BCUT2D eigenvalue weighted by atomic mass is 9.78. The summed E-state index contributed by atoms with van der Waals surface area (Å²) in [5, 5.41) is 10.9. The summed E-state index contributed by atoms with van der Waals surface area (Å²) in [5.41, 5.74) is -2.27. The van der Waals surface area contributed by atoms with Crippen LogP contribution in [0.25, 0.3) is 0 Å². The van der Waals surface area contributed by atoms with Crippen molar-refractivity contribution in [3.05, 3.63) is 61.2 Å². The Morgan fingerprint density at radius 2 is 1.77 bits per heavy atom. The number of rotatable bonds is 7. The van der Waals surface area contributed by atoms with Gasteiger partial charge in [-0.25, -0.2) is 9.18 Å². The van der Waals surface area contributed by atoms with E-state index in [1.807, 2.05) is 61.5 Å². The third-order valence-electron chi connectivity index (χ3n) is 6.19. The fourth-order valence-corrected chi connectivity index (χ4v) is 5.10. The van der Waals surface area contributed by atoms with Gasteiger partial charge in [0.2, 0.25) is 0 Å². The molecule has 1 aliphatic heterocycles. The number of nitrogens with one attached hydrogen (secondary N) is 1. The van der Waals surface area contributed by atoms with Gasteiger partial charge in [0, 0.05) is 31.0 Å². The fourth-order valence-electron chi connectivity index (χ4n) is 4.01. The van der Waals surface area contributed by atoms with Crippen molar-refractivity contribution in [3.63, 3.8) is 0 Å². The Bertz CT molecular complexity index is 1260. The van der Waals surface area contributed by atoms with E-state index in [9.17, 15) is 14.7 Å². The lowest BCUT2D eigenvalue weighted by Crippen LogP contribution is -2.47. The van der Waals surface area contributed by atoms with E-state index in [1.165, 1.54) is 17.9 Å². The first-order chi connectivity index (χ1) is 18.0. The molecule has 0 aliphatic carbocycles. The highest BCUT2D eigenvalue weighted by atomic mass is 31.2. The van der Waals surface area contributed by atoms with E-state index < -0.39 is 42.9 Å². The summed E-state index contributed by atoms with van der Waals surface area (Å²) in [6, 6.07) is 1.81. The number of methoxy groups -OCH3 is 1. The molecule has 9 nitrogen and oxygen atoms in total. The summed E-state index contributed by atoms with van der Waals surface area (Å²) in [5.74, 6) is -0.0834. The number of ether oxygens (including phenoxy) is 1. The highest BCUT2D eigenvalue weighted by Gasteiger charge is 2.41. The molecule has 216 valence electrons. The number of hydrogen-bond acceptors (Lipinski definition) is 7. The number of aliphatic hydroxyl groups is 1. The summed E-state index contributed by atoms with van der Waals surface area (Å²) >= 11 is 0. The van der Waals surface area contributed by atoms with Crippen molar-refractivity contribution in [1.29, 1.82) is 0 Å². The zero-order chi connectivity index (χ0) is 29.9. The standard InChI is InChI=1S/C25H35BFN2O7P.C2H6/c1-14-12-29(22(31)28-21(14)30)10-9-18(33-8)25(26,32)36-37-34-13-15-19(27)16(23(2,3)4)11-17(20(15)35-37)24(5,6)7;1-2/h11-12,18,32H,9-10,13H2,1-8H3,(H,28,30,31);1-2H3. The second-order valence-electron chi connectivity index (χ2n) is 11.3. The molecule has 2 radical (unpaired) electrons. The van der Waals surface area contributed by atoms with E-state index in [2.05, 4.69) is 4.98 Å². The number of aromatic nitrogens is 2. The molecule has 0 saturated heterocycles. The number of aryl methyl sites for hydroxylation is 2. The van der Waals surface area contributed by atoms with Crippen molar-refractivity contribution in [2.45, 2.75) is 105 Å². The first-order valence-corrected chi connectivity index (χ1v) is 14.1. The zero-order valence-corrected chi connectivity index (χ0v) is 25.5. The van der Waals surface area contributed by atoms with Gasteiger partial charge in [0.15, 0.2) is 13.5 Å². The van der Waals surface area contributed by atoms with Gasteiger partial charge in [-0.2, -0.15) is 0 Å². The Kier molecular flexibility index (Phi) is 10.8. The van der Waals surface area contributed by atoms with Gasteiger partial charge >= 0.3 is 14.3 Å². The molecule has 2 aromatic rings. The van der Waals surface area contributed by atoms with Crippen molar-refractivity contribution in [1.82, 2.24) is 9.55 Å². The summed E-state index contributed by atoms with van der Waals surface area (Å²) in [6.45, 7) is 17.3. The molecule has 0 spiro atoms. The minimum Gasteiger partial charge on any atom is -0.426 e. The number of H-pyrrole nitrogens is 1. The van der Waals surface area contributed by atoms with E-state index >= 15 is 4.39 Å². The van der Waals surface area contributed by atoms with Gasteiger partial charge in [-0.3, -0.25) is 18.8 Å². The minimum atomic E-state index is -2.36. The summed E-state index contributed by atoms with van der Waals surface area (Å²) in [7, 11) is 5.17. The van der Waals surface area contributed by atoms with Crippen molar-refractivity contribution < 1.29 is 27.8 Å². The normalized spacial score (nSPS) is 17.8. The van der Waals surface area contributed by atoms with Crippen molar-refractivity contribution in [2.24, 2.45) is 0 Å². The second kappa shape index (κ2) is 12.6. The molecule has 12 heteroatoms. The maximum atomic E-state index is 15.5. The predicted molar refractivity (Wildman–Crippen MR) is 151 cm³/mol. The van der Waals surface area contributed by atoms with Crippen LogP contribution < -0.4 is 15.8 Å². The van der Waals surface area contributed by atoms with Gasteiger partial charge in [-0.05, 0) is 35.8 Å². The predicted octanol–water partition coefficient (Wildman–Crippen LogP) is 4.68. The highest BCUT2D eigenvalue weighted by Crippen LogP contribution is 2.54. The topological polar surface area (TPSA) is 112 Å². The van der Waals surface area contributed by atoms with Gasteiger partial charge in [0.05, 0.1) is 12.2 Å². The van der Waals surface area contributed by atoms with Crippen LogP contribution in [0.4, 0.5) is 4.39 Å². The molecule has 1 aromatic heterocycles. The molecule has 0 fully saturated rings. The molecular weight excluding hydrogens is 525 g/mol. The van der Waals surface area contributed by atoms with Crippen LogP contribution >= 0.6 is 8.60 Å². The largest absolute Gasteiger partial charge is 0.426 e. The summed E-state index contributed by atoms with van der Waals surface area (Å²) in [4.78, 5) is 25.9. The van der Waals surface area contributed by atoms with E-state index in [0.29, 0.717) is 16.9 Å². The second-order valence-corrected chi connectivity index (χ2v) is 12.4. The van der Waals surface area contributed by atoms with Gasteiger partial charge in [0.25, 0.3) is 5.56 Å². The quantitative estimate of drug-likeness (QED) is 0.285. The number of hydrogen-bond donors (Lipinski definition) is 2. The van der Waals surface area contributed by atoms with E-state index in [1.54, 1.807) is 6.92 Å². The minimum absolute atomic E-state index is 0.0610. The Morgan fingerprint density at radius 3 is 2.31 bits per heavy atom. The molecule has 1 aromatic carbocycles. The average Bonchev–Trinajstić information content (AvgIpc) is 2.82. The molecule has 1 aliphatic rings. The van der Waals surface area contributed by atoms with Crippen LogP contribution in [-0.2, 0) is 37.8 Å². The van der Waals surface area contributed by atoms with E-state index in [0.717, 1.165) is 5.56 Å². The molecule has 2 heterocycles. The number of aromatic amines is 1. The molecule has 3 rings (SSSR count). The third-order valence-corrected chi connectivity index (χ3v) is 7.31. The molecule has 3 unspecified atom stereocenters. The summed E-state index contributed by atoms with van der Waals surface area (Å²) < 4.78 is 39.3. The van der Waals surface area contributed by atoms with Crippen LogP contribution in [0, 0.1) is 12.7 Å². The summed E-state index contributed by atoms with van der Waals surface area (Å²) in [6.07, 6.45) is 0.378. The highest BCUT2D eigenvalue weighted by molar-refractivity contribution is 7.42. The van der Waals surface area contributed by atoms with Crippen LogP contribution in [-0.4, -0.2) is 41.4 Å². The number of benzene rings is 1. The smallest absolute Gasteiger partial charge is 0.399 e. The Balaban J connectivity index is 0.00000260. The number of fused-ring (bicyclic) bond motifs is 1. The SMILES string of the molecule is CC.[B]C(O)(OP1OCc2c(F)c(C(C)(C)C)cc(C(C)(C)C)c2O1)C(CCn1cc(C)c(=O)[nH]c1=O)OC. The van der Waals surface area contributed by atoms with Crippen molar-refractivity contribution in [2.75, 3.05) is 7.11 Å². The molecule has 0 saturated carbocycles. The molecule has 0 amide bonds. The lowest BCUT2D eigenvalue weighted by Gasteiger charge is -2.37. The van der Waals surface area contributed by atoms with Crippen LogP contribution in [0.5, 0.6) is 5.75 Å². The number of nitrogens with zero attached hydrogens (tertiary/aromatic N) is 1. The Morgan fingerprint density at radius 1 is 1.18 bits per heavy atom. The van der Waals surface area contributed by atoms with Gasteiger partial charge < -0.3 is 18.9 Å². The Hall–Kier alpha value is -2.04. The Labute approximate surface area is 232 Å². The van der Waals surface area contributed by atoms with Gasteiger partial charge in [-0.1, -0.05) is 55.4 Å². The number of halogens is 1. The van der Waals surface area contributed by atoms with E-state index in [4.69, 9.17) is 26.2 Å².